The first kappa shape index (κ1) is 12.5. The fourth-order valence-electron chi connectivity index (χ4n) is 2.16. The third kappa shape index (κ3) is 2.73. The summed E-state index contributed by atoms with van der Waals surface area (Å²) in [6, 6.07) is 11.1. The molecule has 98 valence electrons. The zero-order valence-corrected chi connectivity index (χ0v) is 11.8. The van der Waals surface area contributed by atoms with Crippen molar-refractivity contribution in [2.75, 3.05) is 11.9 Å². The van der Waals surface area contributed by atoms with E-state index in [0.717, 1.165) is 24.5 Å². The lowest BCUT2D eigenvalue weighted by Crippen LogP contribution is -2.00. The largest absolute Gasteiger partial charge is 0.493 e. The van der Waals surface area contributed by atoms with Crippen molar-refractivity contribution >= 4 is 21.6 Å². The van der Waals surface area contributed by atoms with Gasteiger partial charge in [-0.3, -0.25) is 0 Å². The number of benzene rings is 2. The van der Waals surface area contributed by atoms with E-state index in [0.29, 0.717) is 11.0 Å². The van der Waals surface area contributed by atoms with E-state index < -0.39 is 0 Å². The highest BCUT2D eigenvalue weighted by molar-refractivity contribution is 9.10. The summed E-state index contributed by atoms with van der Waals surface area (Å²) in [6.07, 6.45) is 0.977. The molecule has 0 aromatic heterocycles. The van der Waals surface area contributed by atoms with Crippen LogP contribution in [0.2, 0.25) is 0 Å². The Bertz CT molecular complexity index is 615. The highest BCUT2D eigenvalue weighted by Crippen LogP contribution is 2.26. The van der Waals surface area contributed by atoms with Crippen LogP contribution in [-0.2, 0) is 13.0 Å². The van der Waals surface area contributed by atoms with Crippen LogP contribution >= 0.6 is 15.9 Å². The molecule has 0 radical (unpaired) electrons. The summed E-state index contributed by atoms with van der Waals surface area (Å²) in [7, 11) is 0. The van der Waals surface area contributed by atoms with Crippen LogP contribution in [0.5, 0.6) is 5.75 Å². The smallest absolute Gasteiger partial charge is 0.137 e. The first-order chi connectivity index (χ1) is 9.22. The maximum Gasteiger partial charge on any atom is 0.137 e. The van der Waals surface area contributed by atoms with Crippen LogP contribution in [-0.4, -0.2) is 6.61 Å². The highest BCUT2D eigenvalue weighted by Gasteiger charge is 2.11. The zero-order valence-electron chi connectivity index (χ0n) is 10.2. The van der Waals surface area contributed by atoms with Crippen LogP contribution in [0.25, 0.3) is 0 Å². The molecule has 0 unspecified atom stereocenters. The van der Waals surface area contributed by atoms with E-state index in [9.17, 15) is 4.39 Å². The number of anilines is 1. The van der Waals surface area contributed by atoms with Crippen molar-refractivity contribution in [1.82, 2.24) is 0 Å². The van der Waals surface area contributed by atoms with Gasteiger partial charge in [0, 0.05) is 18.7 Å². The van der Waals surface area contributed by atoms with Crippen LogP contribution in [0.15, 0.2) is 40.9 Å². The van der Waals surface area contributed by atoms with Gasteiger partial charge in [-0.2, -0.15) is 0 Å². The SMILES string of the molecule is Fc1ccc(NCc2ccc3c(c2)CCO3)cc1Br. The predicted molar refractivity (Wildman–Crippen MR) is 77.1 cm³/mol. The molecule has 0 atom stereocenters. The van der Waals surface area contributed by atoms with Gasteiger partial charge in [-0.05, 0) is 51.3 Å². The number of halogens is 2. The molecule has 0 amide bonds. The Morgan fingerprint density at radius 2 is 2.11 bits per heavy atom. The second-order valence-electron chi connectivity index (χ2n) is 4.52. The fraction of sp³-hybridized carbons (Fsp3) is 0.200. The van der Waals surface area contributed by atoms with Crippen LogP contribution in [0.3, 0.4) is 0 Å². The molecule has 1 heterocycles. The normalized spacial score (nSPS) is 12.9. The lowest BCUT2D eigenvalue weighted by atomic mass is 10.1. The van der Waals surface area contributed by atoms with Gasteiger partial charge in [0.05, 0.1) is 11.1 Å². The van der Waals surface area contributed by atoms with Crippen molar-refractivity contribution in [2.45, 2.75) is 13.0 Å². The fourth-order valence-corrected chi connectivity index (χ4v) is 2.54. The summed E-state index contributed by atoms with van der Waals surface area (Å²) < 4.78 is 19.1. The Morgan fingerprint density at radius 1 is 1.21 bits per heavy atom. The van der Waals surface area contributed by atoms with E-state index in [2.05, 4.69) is 33.4 Å². The van der Waals surface area contributed by atoms with Gasteiger partial charge in [0.25, 0.3) is 0 Å². The first-order valence-corrected chi connectivity index (χ1v) is 6.95. The monoisotopic (exact) mass is 321 g/mol. The molecule has 1 N–H and O–H groups in total. The van der Waals surface area contributed by atoms with Crippen LogP contribution in [0, 0.1) is 5.82 Å². The minimum absolute atomic E-state index is 0.250. The quantitative estimate of drug-likeness (QED) is 0.917. The topological polar surface area (TPSA) is 21.3 Å². The molecule has 2 nitrogen and oxygen atoms in total. The molecule has 2 aromatic carbocycles. The molecule has 0 saturated heterocycles. The molecule has 2 aromatic rings. The standard InChI is InChI=1S/C15H13BrFNO/c16-13-8-12(2-3-14(13)17)18-9-10-1-4-15-11(7-10)5-6-19-15/h1-4,7-8,18H,5-6,9H2. The first-order valence-electron chi connectivity index (χ1n) is 6.16. The molecule has 3 rings (SSSR count). The van der Waals surface area contributed by atoms with E-state index in [4.69, 9.17) is 4.74 Å². The highest BCUT2D eigenvalue weighted by atomic mass is 79.9. The Kier molecular flexibility index (Phi) is 3.42. The zero-order chi connectivity index (χ0) is 13.2. The Balaban J connectivity index is 1.70. The molecule has 0 aliphatic carbocycles. The third-order valence-corrected chi connectivity index (χ3v) is 3.78. The van der Waals surface area contributed by atoms with Gasteiger partial charge in [0.15, 0.2) is 0 Å². The van der Waals surface area contributed by atoms with E-state index in [1.165, 1.54) is 17.2 Å². The Hall–Kier alpha value is -1.55. The van der Waals surface area contributed by atoms with Crippen molar-refractivity contribution in [3.63, 3.8) is 0 Å². The van der Waals surface area contributed by atoms with Gasteiger partial charge in [0.2, 0.25) is 0 Å². The molecule has 0 spiro atoms. The molecule has 4 heteroatoms. The molecule has 0 fully saturated rings. The minimum Gasteiger partial charge on any atom is -0.493 e. The number of nitrogens with one attached hydrogen (secondary N) is 1. The van der Waals surface area contributed by atoms with Gasteiger partial charge >= 0.3 is 0 Å². The second kappa shape index (κ2) is 5.21. The van der Waals surface area contributed by atoms with Crippen molar-refractivity contribution in [1.29, 1.82) is 0 Å². The number of hydrogen-bond donors (Lipinski definition) is 1. The summed E-state index contributed by atoms with van der Waals surface area (Å²) in [6.45, 7) is 1.49. The summed E-state index contributed by atoms with van der Waals surface area (Å²) in [5.41, 5.74) is 3.36. The van der Waals surface area contributed by atoms with Crippen LogP contribution < -0.4 is 10.1 Å². The number of ether oxygens (including phenoxy) is 1. The van der Waals surface area contributed by atoms with E-state index in [1.807, 2.05) is 6.07 Å². The van der Waals surface area contributed by atoms with Gasteiger partial charge in [-0.25, -0.2) is 4.39 Å². The minimum atomic E-state index is -0.250. The average molecular weight is 322 g/mol. The maximum atomic E-state index is 13.1. The van der Waals surface area contributed by atoms with Gasteiger partial charge in [-0.15, -0.1) is 0 Å². The van der Waals surface area contributed by atoms with E-state index >= 15 is 0 Å². The van der Waals surface area contributed by atoms with Gasteiger partial charge < -0.3 is 10.1 Å². The van der Waals surface area contributed by atoms with Crippen molar-refractivity contribution in [3.8, 4) is 5.75 Å². The number of fused-ring (bicyclic) bond motifs is 1. The molecule has 1 aliphatic heterocycles. The molecular weight excluding hydrogens is 309 g/mol. The van der Waals surface area contributed by atoms with Crippen molar-refractivity contribution in [2.24, 2.45) is 0 Å². The molecule has 0 bridgehead atoms. The molecule has 1 aliphatic rings. The van der Waals surface area contributed by atoms with Gasteiger partial charge in [0.1, 0.15) is 11.6 Å². The molecular formula is C15H13BrFNO. The predicted octanol–water partition coefficient (Wildman–Crippen LogP) is 4.14. The Labute approximate surface area is 119 Å². The van der Waals surface area contributed by atoms with Crippen molar-refractivity contribution in [3.05, 3.63) is 57.8 Å². The summed E-state index contributed by atoms with van der Waals surface area (Å²) >= 11 is 3.18. The third-order valence-electron chi connectivity index (χ3n) is 3.17. The Morgan fingerprint density at radius 3 is 2.95 bits per heavy atom. The maximum absolute atomic E-state index is 13.1. The average Bonchev–Trinajstić information content (AvgIpc) is 2.87. The molecule has 0 saturated carbocycles. The van der Waals surface area contributed by atoms with Crippen LogP contribution in [0.1, 0.15) is 11.1 Å². The van der Waals surface area contributed by atoms with Crippen molar-refractivity contribution < 1.29 is 9.13 Å². The summed E-state index contributed by atoms with van der Waals surface area (Å²) in [5, 5.41) is 3.28. The summed E-state index contributed by atoms with van der Waals surface area (Å²) in [4.78, 5) is 0. The lowest BCUT2D eigenvalue weighted by molar-refractivity contribution is 0.357. The number of rotatable bonds is 3. The van der Waals surface area contributed by atoms with Crippen LogP contribution in [0.4, 0.5) is 10.1 Å². The molecule has 19 heavy (non-hydrogen) atoms. The lowest BCUT2D eigenvalue weighted by Gasteiger charge is -2.08. The van der Waals surface area contributed by atoms with E-state index in [1.54, 1.807) is 12.1 Å². The summed E-state index contributed by atoms with van der Waals surface area (Å²) in [5.74, 6) is 0.744. The second-order valence-corrected chi connectivity index (χ2v) is 5.38. The number of hydrogen-bond acceptors (Lipinski definition) is 2. The van der Waals surface area contributed by atoms with E-state index in [-0.39, 0.29) is 5.82 Å². The van der Waals surface area contributed by atoms with Gasteiger partial charge in [-0.1, -0.05) is 12.1 Å².